The number of aryl methyl sites for hydroxylation is 1. The van der Waals surface area contributed by atoms with Crippen molar-refractivity contribution in [3.8, 4) is 0 Å². The van der Waals surface area contributed by atoms with Crippen LogP contribution in [0.3, 0.4) is 0 Å². The Balaban J connectivity index is 2.70. The Bertz CT molecular complexity index is 516. The van der Waals surface area contributed by atoms with Gasteiger partial charge in [-0.15, -0.1) is 0 Å². The molecule has 1 atom stereocenters. The Morgan fingerprint density at radius 1 is 1.23 bits per heavy atom. The lowest BCUT2D eigenvalue weighted by Crippen LogP contribution is -2.39. The van der Waals surface area contributed by atoms with Gasteiger partial charge in [-0.1, -0.05) is 29.8 Å². The fourth-order valence-corrected chi connectivity index (χ4v) is 1.98. The number of carboxylic acid groups (broad SMARTS) is 1. The van der Waals surface area contributed by atoms with Crippen LogP contribution in [0.2, 0.25) is 0 Å². The zero-order valence-electron chi connectivity index (χ0n) is 13.9. The van der Waals surface area contributed by atoms with Gasteiger partial charge in [-0.2, -0.15) is 0 Å². The number of rotatable bonds is 5. The van der Waals surface area contributed by atoms with E-state index in [2.05, 4.69) is 0 Å². The van der Waals surface area contributed by atoms with Crippen LogP contribution in [0.4, 0.5) is 4.79 Å². The Hall–Kier alpha value is -2.04. The third-order valence-electron chi connectivity index (χ3n) is 3.15. The fraction of sp³-hybridized carbons (Fsp3) is 0.529. The zero-order chi connectivity index (χ0) is 16.9. The quantitative estimate of drug-likeness (QED) is 0.907. The molecule has 0 spiro atoms. The third-order valence-corrected chi connectivity index (χ3v) is 3.15. The van der Waals surface area contributed by atoms with E-state index in [1.807, 2.05) is 31.2 Å². The molecule has 0 saturated carbocycles. The van der Waals surface area contributed by atoms with Crippen molar-refractivity contribution in [2.75, 3.05) is 13.6 Å². The van der Waals surface area contributed by atoms with Crippen LogP contribution in [0.1, 0.15) is 31.9 Å². The van der Waals surface area contributed by atoms with Crippen LogP contribution in [0.25, 0.3) is 0 Å². The summed E-state index contributed by atoms with van der Waals surface area (Å²) in [4.78, 5) is 24.7. The first-order chi connectivity index (χ1) is 10.1. The molecule has 0 fully saturated rings. The van der Waals surface area contributed by atoms with Crippen molar-refractivity contribution in [3.05, 3.63) is 35.4 Å². The number of amides is 1. The summed E-state index contributed by atoms with van der Waals surface area (Å²) < 4.78 is 5.24. The molecule has 0 heterocycles. The topological polar surface area (TPSA) is 66.8 Å². The van der Waals surface area contributed by atoms with Crippen molar-refractivity contribution >= 4 is 12.1 Å². The van der Waals surface area contributed by atoms with E-state index < -0.39 is 23.6 Å². The molecule has 1 aromatic carbocycles. The summed E-state index contributed by atoms with van der Waals surface area (Å²) in [5, 5.41) is 9.37. The first-order valence-corrected chi connectivity index (χ1v) is 7.31. The van der Waals surface area contributed by atoms with E-state index in [1.165, 1.54) is 4.90 Å². The Morgan fingerprint density at radius 3 is 2.23 bits per heavy atom. The Labute approximate surface area is 131 Å². The molecule has 1 rings (SSSR count). The molecule has 1 amide bonds. The van der Waals surface area contributed by atoms with Crippen molar-refractivity contribution in [3.63, 3.8) is 0 Å². The lowest BCUT2D eigenvalue weighted by molar-refractivity contribution is -0.142. The molecule has 0 saturated heterocycles. The van der Waals surface area contributed by atoms with E-state index in [-0.39, 0.29) is 6.54 Å². The number of carbonyl (C=O) groups excluding carboxylic acids is 1. The van der Waals surface area contributed by atoms with Gasteiger partial charge in [0.15, 0.2) is 0 Å². The highest BCUT2D eigenvalue weighted by atomic mass is 16.6. The van der Waals surface area contributed by atoms with E-state index in [4.69, 9.17) is 4.74 Å². The number of benzene rings is 1. The van der Waals surface area contributed by atoms with Crippen molar-refractivity contribution in [1.82, 2.24) is 4.90 Å². The maximum absolute atomic E-state index is 11.9. The summed E-state index contributed by atoms with van der Waals surface area (Å²) in [5.41, 5.74) is 1.47. The summed E-state index contributed by atoms with van der Waals surface area (Å²) in [6.45, 7) is 7.42. The summed E-state index contributed by atoms with van der Waals surface area (Å²) >= 11 is 0. The van der Waals surface area contributed by atoms with Crippen LogP contribution < -0.4 is 0 Å². The zero-order valence-corrected chi connectivity index (χ0v) is 13.9. The van der Waals surface area contributed by atoms with Crippen LogP contribution in [0.5, 0.6) is 0 Å². The summed E-state index contributed by atoms with van der Waals surface area (Å²) in [6.07, 6.45) is -0.134. The van der Waals surface area contributed by atoms with Gasteiger partial charge in [0, 0.05) is 13.6 Å². The molecule has 5 nitrogen and oxygen atoms in total. The standard InChI is InChI=1S/C17H25NO4/c1-12-6-8-13(9-7-12)10-14(15(19)20)11-18(5)16(21)22-17(2,3)4/h6-9,14H,10-11H2,1-5H3,(H,19,20). The smallest absolute Gasteiger partial charge is 0.410 e. The van der Waals surface area contributed by atoms with Gasteiger partial charge in [0.1, 0.15) is 5.60 Å². The molecule has 1 unspecified atom stereocenters. The Kier molecular flexibility index (Phi) is 5.97. The average Bonchev–Trinajstić information content (AvgIpc) is 2.38. The number of hydrogen-bond acceptors (Lipinski definition) is 3. The molecule has 0 aliphatic rings. The average molecular weight is 307 g/mol. The monoisotopic (exact) mass is 307 g/mol. The van der Waals surface area contributed by atoms with Crippen LogP contribution in [-0.2, 0) is 16.0 Å². The van der Waals surface area contributed by atoms with E-state index in [1.54, 1.807) is 27.8 Å². The minimum Gasteiger partial charge on any atom is -0.481 e. The van der Waals surface area contributed by atoms with Gasteiger partial charge in [0.25, 0.3) is 0 Å². The van der Waals surface area contributed by atoms with E-state index >= 15 is 0 Å². The number of ether oxygens (including phenoxy) is 1. The number of nitrogens with zero attached hydrogens (tertiary/aromatic N) is 1. The SMILES string of the molecule is Cc1ccc(CC(CN(C)C(=O)OC(C)(C)C)C(=O)O)cc1. The van der Waals surface area contributed by atoms with Crippen LogP contribution >= 0.6 is 0 Å². The highest BCUT2D eigenvalue weighted by molar-refractivity contribution is 5.73. The third kappa shape index (κ3) is 6.16. The van der Waals surface area contributed by atoms with Gasteiger partial charge in [-0.3, -0.25) is 4.79 Å². The molecule has 0 aromatic heterocycles. The van der Waals surface area contributed by atoms with Crippen LogP contribution in [-0.4, -0.2) is 41.3 Å². The second-order valence-electron chi connectivity index (χ2n) is 6.59. The van der Waals surface area contributed by atoms with Crippen LogP contribution in [0.15, 0.2) is 24.3 Å². The second kappa shape index (κ2) is 7.29. The van der Waals surface area contributed by atoms with E-state index in [9.17, 15) is 14.7 Å². The summed E-state index contributed by atoms with van der Waals surface area (Å²) in [6, 6.07) is 7.73. The predicted octanol–water partition coefficient (Wildman–Crippen LogP) is 3.11. The molecule has 0 radical (unpaired) electrons. The summed E-state index contributed by atoms with van der Waals surface area (Å²) in [5.74, 6) is -1.59. The molecule has 5 heteroatoms. The maximum Gasteiger partial charge on any atom is 0.410 e. The molecule has 0 bridgehead atoms. The normalized spacial score (nSPS) is 12.6. The highest BCUT2D eigenvalue weighted by Crippen LogP contribution is 2.14. The van der Waals surface area contributed by atoms with Crippen molar-refractivity contribution in [2.24, 2.45) is 5.92 Å². The van der Waals surface area contributed by atoms with Gasteiger partial charge >= 0.3 is 12.1 Å². The molecule has 0 aliphatic heterocycles. The molecular weight excluding hydrogens is 282 g/mol. The van der Waals surface area contributed by atoms with Gasteiger partial charge in [0.2, 0.25) is 0 Å². The lowest BCUT2D eigenvalue weighted by atomic mass is 9.98. The Morgan fingerprint density at radius 2 is 1.77 bits per heavy atom. The number of carboxylic acids is 1. The molecule has 1 aromatic rings. The maximum atomic E-state index is 11.9. The lowest BCUT2D eigenvalue weighted by Gasteiger charge is -2.26. The van der Waals surface area contributed by atoms with Gasteiger partial charge in [-0.25, -0.2) is 4.79 Å². The molecule has 0 aliphatic carbocycles. The van der Waals surface area contributed by atoms with Crippen molar-refractivity contribution in [2.45, 2.75) is 39.7 Å². The van der Waals surface area contributed by atoms with Gasteiger partial charge < -0.3 is 14.7 Å². The van der Waals surface area contributed by atoms with E-state index in [0.717, 1.165) is 11.1 Å². The number of hydrogen-bond donors (Lipinski definition) is 1. The number of aliphatic carboxylic acids is 1. The summed E-state index contributed by atoms with van der Waals surface area (Å²) in [7, 11) is 1.55. The predicted molar refractivity (Wildman–Crippen MR) is 84.9 cm³/mol. The molecular formula is C17H25NO4. The van der Waals surface area contributed by atoms with Gasteiger partial charge in [0.05, 0.1) is 5.92 Å². The molecule has 22 heavy (non-hydrogen) atoms. The van der Waals surface area contributed by atoms with E-state index in [0.29, 0.717) is 6.42 Å². The highest BCUT2D eigenvalue weighted by Gasteiger charge is 2.25. The van der Waals surface area contributed by atoms with Crippen LogP contribution in [0, 0.1) is 12.8 Å². The minimum absolute atomic E-state index is 0.109. The first-order valence-electron chi connectivity index (χ1n) is 7.31. The van der Waals surface area contributed by atoms with Crippen molar-refractivity contribution in [1.29, 1.82) is 0 Å². The second-order valence-corrected chi connectivity index (χ2v) is 6.59. The van der Waals surface area contributed by atoms with Gasteiger partial charge in [-0.05, 0) is 39.7 Å². The number of carbonyl (C=O) groups is 2. The van der Waals surface area contributed by atoms with Crippen molar-refractivity contribution < 1.29 is 19.4 Å². The minimum atomic E-state index is -0.920. The fourth-order valence-electron chi connectivity index (χ4n) is 1.98. The molecule has 122 valence electrons. The molecule has 1 N–H and O–H groups in total. The largest absolute Gasteiger partial charge is 0.481 e. The first kappa shape index (κ1) is 18.0.